The molecule has 1 heterocycles. The zero-order valence-corrected chi connectivity index (χ0v) is 16.9. The number of thioether (sulfide) groups is 1. The van der Waals surface area contributed by atoms with Gasteiger partial charge in [-0.1, -0.05) is 36.4 Å². The van der Waals surface area contributed by atoms with Gasteiger partial charge < -0.3 is 15.4 Å². The molecule has 0 aliphatic carbocycles. The normalized spacial score (nSPS) is 16.0. The number of rotatable bonds is 8. The largest absolute Gasteiger partial charge is 0.376 e. The molecular formula is C22H26N2O3S. The molecule has 0 saturated carbocycles. The van der Waals surface area contributed by atoms with Gasteiger partial charge in [-0.15, -0.1) is 11.8 Å². The van der Waals surface area contributed by atoms with E-state index < -0.39 is 0 Å². The minimum atomic E-state index is -0.195. The minimum Gasteiger partial charge on any atom is -0.376 e. The third-order valence-electron chi connectivity index (χ3n) is 4.71. The quantitative estimate of drug-likeness (QED) is 0.710. The van der Waals surface area contributed by atoms with Crippen molar-refractivity contribution in [2.24, 2.45) is 0 Å². The molecule has 28 heavy (non-hydrogen) atoms. The first-order valence-electron chi connectivity index (χ1n) is 9.54. The molecular weight excluding hydrogens is 372 g/mol. The van der Waals surface area contributed by atoms with E-state index in [1.807, 2.05) is 18.2 Å². The first-order chi connectivity index (χ1) is 13.6. The lowest BCUT2D eigenvalue weighted by Crippen LogP contribution is -2.32. The molecule has 6 heteroatoms. The Kier molecular flexibility index (Phi) is 7.51. The molecule has 1 aliphatic rings. The van der Waals surface area contributed by atoms with Crippen molar-refractivity contribution in [1.82, 2.24) is 5.32 Å². The van der Waals surface area contributed by atoms with Gasteiger partial charge in [0.1, 0.15) is 0 Å². The lowest BCUT2D eigenvalue weighted by atomic mass is 10.1. The van der Waals surface area contributed by atoms with Gasteiger partial charge >= 0.3 is 0 Å². The fourth-order valence-corrected chi connectivity index (χ4v) is 4.01. The minimum absolute atomic E-state index is 0.0866. The van der Waals surface area contributed by atoms with Crippen molar-refractivity contribution >= 4 is 29.3 Å². The fourth-order valence-electron chi connectivity index (χ4n) is 3.11. The summed E-state index contributed by atoms with van der Waals surface area (Å²) in [5.74, 6) is 0.806. The predicted molar refractivity (Wildman–Crippen MR) is 114 cm³/mol. The topological polar surface area (TPSA) is 67.4 Å². The summed E-state index contributed by atoms with van der Waals surface area (Å²) in [6.07, 6.45) is 2.09. The lowest BCUT2D eigenvalue weighted by Gasteiger charge is -2.14. The van der Waals surface area contributed by atoms with Crippen molar-refractivity contribution in [3.05, 3.63) is 65.2 Å². The van der Waals surface area contributed by atoms with Gasteiger partial charge in [-0.3, -0.25) is 9.59 Å². The number of aryl methyl sites for hydroxylation is 1. The number of carbonyl (C=O) groups is 2. The zero-order chi connectivity index (χ0) is 19.8. The van der Waals surface area contributed by atoms with Crippen LogP contribution in [0.3, 0.4) is 0 Å². The maximum Gasteiger partial charge on any atom is 0.253 e. The molecule has 1 saturated heterocycles. The van der Waals surface area contributed by atoms with Crippen LogP contribution in [0.25, 0.3) is 0 Å². The fraction of sp³-hybridized carbons (Fsp3) is 0.364. The van der Waals surface area contributed by atoms with Crippen LogP contribution < -0.4 is 10.6 Å². The average Bonchev–Trinajstić information content (AvgIpc) is 3.22. The van der Waals surface area contributed by atoms with Crippen LogP contribution in [0.5, 0.6) is 0 Å². The van der Waals surface area contributed by atoms with Gasteiger partial charge in [0.2, 0.25) is 5.91 Å². The van der Waals surface area contributed by atoms with Crippen molar-refractivity contribution in [3.8, 4) is 0 Å². The highest BCUT2D eigenvalue weighted by Crippen LogP contribution is 2.19. The molecule has 2 N–H and O–H groups in total. The van der Waals surface area contributed by atoms with Gasteiger partial charge in [-0.2, -0.15) is 0 Å². The molecule has 2 amide bonds. The number of hydrogen-bond acceptors (Lipinski definition) is 4. The summed E-state index contributed by atoms with van der Waals surface area (Å²) in [4.78, 5) is 24.9. The standard InChI is InChI=1S/C22H26N2O3S/c1-16-7-2-3-8-17(16)14-28-15-21(25)24-20-11-5-4-10-19(20)22(26)23-13-18-9-6-12-27-18/h2-5,7-8,10-11,18H,6,9,12-15H2,1H3,(H,23,26)(H,24,25)/t18-/m0/s1. The van der Waals surface area contributed by atoms with Crippen molar-refractivity contribution in [2.45, 2.75) is 31.6 Å². The molecule has 0 bridgehead atoms. The number of carbonyl (C=O) groups excluding carboxylic acids is 2. The number of nitrogens with one attached hydrogen (secondary N) is 2. The molecule has 1 aliphatic heterocycles. The van der Waals surface area contributed by atoms with Gasteiger partial charge in [-0.05, 0) is 43.0 Å². The summed E-state index contributed by atoms with van der Waals surface area (Å²) in [5, 5.41) is 5.77. The monoisotopic (exact) mass is 398 g/mol. The Bertz CT molecular complexity index is 819. The van der Waals surface area contributed by atoms with Crippen molar-refractivity contribution in [3.63, 3.8) is 0 Å². The Morgan fingerprint density at radius 2 is 1.93 bits per heavy atom. The second kappa shape index (κ2) is 10.3. The Morgan fingerprint density at radius 3 is 2.71 bits per heavy atom. The van der Waals surface area contributed by atoms with E-state index in [1.165, 1.54) is 11.1 Å². The van der Waals surface area contributed by atoms with E-state index in [0.717, 1.165) is 25.2 Å². The van der Waals surface area contributed by atoms with Crippen molar-refractivity contribution in [2.75, 3.05) is 24.2 Å². The summed E-state index contributed by atoms with van der Waals surface area (Å²) < 4.78 is 5.54. The zero-order valence-electron chi connectivity index (χ0n) is 16.1. The van der Waals surface area contributed by atoms with Crippen LogP contribution in [0.4, 0.5) is 5.69 Å². The van der Waals surface area contributed by atoms with Crippen molar-refractivity contribution in [1.29, 1.82) is 0 Å². The smallest absolute Gasteiger partial charge is 0.253 e. The van der Waals surface area contributed by atoms with Gasteiger partial charge in [0.05, 0.1) is 23.1 Å². The van der Waals surface area contributed by atoms with Crippen LogP contribution >= 0.6 is 11.8 Å². The Balaban J connectivity index is 1.51. The van der Waals surface area contributed by atoms with Gasteiger partial charge in [0.15, 0.2) is 0 Å². The lowest BCUT2D eigenvalue weighted by molar-refractivity contribution is -0.113. The van der Waals surface area contributed by atoms with E-state index in [9.17, 15) is 9.59 Å². The molecule has 2 aromatic carbocycles. The predicted octanol–water partition coefficient (Wildman–Crippen LogP) is 3.78. The van der Waals surface area contributed by atoms with Crippen LogP contribution in [-0.4, -0.2) is 36.8 Å². The number of benzene rings is 2. The van der Waals surface area contributed by atoms with E-state index in [4.69, 9.17) is 4.74 Å². The molecule has 0 radical (unpaired) electrons. The van der Waals surface area contributed by atoms with E-state index in [2.05, 4.69) is 29.7 Å². The highest BCUT2D eigenvalue weighted by atomic mass is 32.2. The molecule has 1 fully saturated rings. The molecule has 0 aromatic heterocycles. The molecule has 1 atom stereocenters. The number of ether oxygens (including phenoxy) is 1. The van der Waals surface area contributed by atoms with Gasteiger partial charge in [0, 0.05) is 18.9 Å². The molecule has 0 spiro atoms. The molecule has 5 nitrogen and oxygen atoms in total. The molecule has 2 aromatic rings. The summed E-state index contributed by atoms with van der Waals surface area (Å²) >= 11 is 1.56. The third-order valence-corrected chi connectivity index (χ3v) is 5.69. The highest BCUT2D eigenvalue weighted by molar-refractivity contribution is 7.99. The van der Waals surface area contributed by atoms with Crippen LogP contribution in [0, 0.1) is 6.92 Å². The molecule has 0 unspecified atom stereocenters. The Labute approximate surface area is 170 Å². The summed E-state index contributed by atoms with van der Waals surface area (Å²) in [5.41, 5.74) is 3.46. The molecule has 148 valence electrons. The van der Waals surface area contributed by atoms with Gasteiger partial charge in [0.25, 0.3) is 5.91 Å². The highest BCUT2D eigenvalue weighted by Gasteiger charge is 2.18. The van der Waals surface area contributed by atoms with Crippen LogP contribution in [0.1, 0.15) is 34.3 Å². The van der Waals surface area contributed by atoms with Crippen LogP contribution in [-0.2, 0) is 15.3 Å². The van der Waals surface area contributed by atoms with E-state index >= 15 is 0 Å². The second-order valence-electron chi connectivity index (χ2n) is 6.86. The maximum atomic E-state index is 12.5. The summed E-state index contributed by atoms with van der Waals surface area (Å²) in [6.45, 7) is 3.32. The molecule has 3 rings (SSSR count). The van der Waals surface area contributed by atoms with Gasteiger partial charge in [-0.25, -0.2) is 0 Å². The second-order valence-corrected chi connectivity index (χ2v) is 7.84. The number of para-hydroxylation sites is 1. The van der Waals surface area contributed by atoms with E-state index in [0.29, 0.717) is 23.5 Å². The summed E-state index contributed by atoms with van der Waals surface area (Å²) in [6, 6.07) is 15.3. The number of amides is 2. The van der Waals surface area contributed by atoms with E-state index in [1.54, 1.807) is 30.0 Å². The van der Waals surface area contributed by atoms with Crippen molar-refractivity contribution < 1.29 is 14.3 Å². The number of hydrogen-bond donors (Lipinski definition) is 2. The van der Waals surface area contributed by atoms with E-state index in [-0.39, 0.29) is 17.9 Å². The first kappa shape index (κ1) is 20.4. The third kappa shape index (κ3) is 5.84. The summed E-state index contributed by atoms with van der Waals surface area (Å²) in [7, 11) is 0. The maximum absolute atomic E-state index is 12.5. The SMILES string of the molecule is Cc1ccccc1CSCC(=O)Nc1ccccc1C(=O)NC[C@@H]1CCCO1. The average molecular weight is 399 g/mol. The van der Waals surface area contributed by atoms with Crippen LogP contribution in [0.2, 0.25) is 0 Å². The Morgan fingerprint density at radius 1 is 1.14 bits per heavy atom. The number of anilines is 1. The Hall–Kier alpha value is -2.31. The van der Waals surface area contributed by atoms with Crippen LogP contribution in [0.15, 0.2) is 48.5 Å². The first-order valence-corrected chi connectivity index (χ1v) is 10.7.